The second kappa shape index (κ2) is 2.39. The summed E-state index contributed by atoms with van der Waals surface area (Å²) >= 11 is 0. The molecule has 0 aromatic carbocycles. The standard InChI is InChI=1S/C14H24/c1-11-9-13(11,3)14(7-8-14)10-12(2)5-4-6-12/h11H,4-10H2,1-3H3. The summed E-state index contributed by atoms with van der Waals surface area (Å²) in [5.74, 6) is 1.02. The van der Waals surface area contributed by atoms with Crippen LogP contribution in [-0.2, 0) is 0 Å². The monoisotopic (exact) mass is 192 g/mol. The van der Waals surface area contributed by atoms with Crippen LogP contribution in [0.4, 0.5) is 0 Å². The zero-order chi connectivity index (χ0) is 10.0. The van der Waals surface area contributed by atoms with Crippen molar-refractivity contribution in [3.63, 3.8) is 0 Å². The van der Waals surface area contributed by atoms with Gasteiger partial charge in [-0.25, -0.2) is 0 Å². The molecular formula is C14H24. The third-order valence-corrected chi connectivity index (χ3v) is 6.05. The van der Waals surface area contributed by atoms with Crippen molar-refractivity contribution in [3.8, 4) is 0 Å². The Morgan fingerprint density at radius 2 is 1.64 bits per heavy atom. The third-order valence-electron chi connectivity index (χ3n) is 6.05. The molecule has 2 unspecified atom stereocenters. The summed E-state index contributed by atoms with van der Waals surface area (Å²) in [4.78, 5) is 0. The van der Waals surface area contributed by atoms with Crippen molar-refractivity contribution < 1.29 is 0 Å². The topological polar surface area (TPSA) is 0 Å². The van der Waals surface area contributed by atoms with E-state index in [1.165, 1.54) is 25.7 Å². The van der Waals surface area contributed by atoms with Gasteiger partial charge in [-0.3, -0.25) is 0 Å². The van der Waals surface area contributed by atoms with Crippen LogP contribution in [0.25, 0.3) is 0 Å². The molecule has 0 spiro atoms. The molecule has 0 aromatic rings. The Bertz CT molecular complexity index is 257. The van der Waals surface area contributed by atoms with Gasteiger partial charge in [0.2, 0.25) is 0 Å². The van der Waals surface area contributed by atoms with E-state index in [1.807, 2.05) is 0 Å². The average molecular weight is 192 g/mol. The van der Waals surface area contributed by atoms with Gasteiger partial charge < -0.3 is 0 Å². The summed E-state index contributed by atoms with van der Waals surface area (Å²) in [6.45, 7) is 7.56. The van der Waals surface area contributed by atoms with Crippen molar-refractivity contribution in [1.82, 2.24) is 0 Å². The van der Waals surface area contributed by atoms with Crippen molar-refractivity contribution in [2.75, 3.05) is 0 Å². The molecule has 3 aliphatic rings. The molecule has 0 heteroatoms. The van der Waals surface area contributed by atoms with E-state index >= 15 is 0 Å². The van der Waals surface area contributed by atoms with Crippen LogP contribution in [0.5, 0.6) is 0 Å². The molecule has 3 aliphatic carbocycles. The first-order valence-electron chi connectivity index (χ1n) is 6.50. The molecular weight excluding hydrogens is 168 g/mol. The van der Waals surface area contributed by atoms with Crippen LogP contribution in [0.2, 0.25) is 0 Å². The molecule has 0 aliphatic heterocycles. The number of rotatable bonds is 3. The number of hydrogen-bond acceptors (Lipinski definition) is 0. The molecule has 0 amide bonds. The maximum atomic E-state index is 2.56. The molecule has 80 valence electrons. The first-order valence-corrected chi connectivity index (χ1v) is 6.50. The van der Waals surface area contributed by atoms with Crippen LogP contribution < -0.4 is 0 Å². The summed E-state index contributed by atoms with van der Waals surface area (Å²) < 4.78 is 0. The highest BCUT2D eigenvalue weighted by molar-refractivity contribution is 5.17. The molecule has 0 aromatic heterocycles. The minimum Gasteiger partial charge on any atom is -0.0619 e. The van der Waals surface area contributed by atoms with E-state index in [0.29, 0.717) is 0 Å². The van der Waals surface area contributed by atoms with Crippen LogP contribution >= 0.6 is 0 Å². The van der Waals surface area contributed by atoms with E-state index in [0.717, 1.165) is 22.2 Å². The first kappa shape index (κ1) is 9.24. The van der Waals surface area contributed by atoms with E-state index in [2.05, 4.69) is 20.8 Å². The van der Waals surface area contributed by atoms with Crippen molar-refractivity contribution >= 4 is 0 Å². The zero-order valence-corrected chi connectivity index (χ0v) is 10.0. The van der Waals surface area contributed by atoms with Crippen LogP contribution in [0.3, 0.4) is 0 Å². The molecule has 0 nitrogen and oxygen atoms in total. The fourth-order valence-electron chi connectivity index (χ4n) is 4.19. The normalized spacial score (nSPS) is 46.9. The Hall–Kier alpha value is 0. The molecule has 0 N–H and O–H groups in total. The summed E-state index contributed by atoms with van der Waals surface area (Å²) in [5, 5.41) is 0. The summed E-state index contributed by atoms with van der Waals surface area (Å²) in [6, 6.07) is 0. The molecule has 0 saturated heterocycles. The first-order chi connectivity index (χ1) is 6.50. The van der Waals surface area contributed by atoms with Gasteiger partial charge in [-0.05, 0) is 60.7 Å². The lowest BCUT2D eigenvalue weighted by Gasteiger charge is -2.43. The predicted molar refractivity (Wildman–Crippen MR) is 60.1 cm³/mol. The van der Waals surface area contributed by atoms with Gasteiger partial charge in [0.25, 0.3) is 0 Å². The van der Waals surface area contributed by atoms with Gasteiger partial charge in [0.15, 0.2) is 0 Å². The van der Waals surface area contributed by atoms with E-state index in [4.69, 9.17) is 0 Å². The highest BCUT2D eigenvalue weighted by atomic mass is 14.7. The second-order valence-electron chi connectivity index (χ2n) is 7.14. The quantitative estimate of drug-likeness (QED) is 0.622. The van der Waals surface area contributed by atoms with E-state index in [1.54, 1.807) is 19.3 Å². The Morgan fingerprint density at radius 3 is 1.93 bits per heavy atom. The number of hydrogen-bond donors (Lipinski definition) is 0. The molecule has 3 rings (SSSR count). The summed E-state index contributed by atoms with van der Waals surface area (Å²) in [6.07, 6.45) is 10.7. The van der Waals surface area contributed by atoms with E-state index in [9.17, 15) is 0 Å². The van der Waals surface area contributed by atoms with Gasteiger partial charge in [0.05, 0.1) is 0 Å². The van der Waals surface area contributed by atoms with Crippen LogP contribution in [0.1, 0.15) is 65.7 Å². The molecule has 0 radical (unpaired) electrons. The highest BCUT2D eigenvalue weighted by Gasteiger charge is 2.67. The van der Waals surface area contributed by atoms with Gasteiger partial charge in [0.1, 0.15) is 0 Å². The Kier molecular flexibility index (Phi) is 1.58. The lowest BCUT2D eigenvalue weighted by molar-refractivity contribution is 0.0777. The lowest BCUT2D eigenvalue weighted by atomic mass is 9.62. The van der Waals surface area contributed by atoms with Gasteiger partial charge in [0, 0.05) is 0 Å². The summed E-state index contributed by atoms with van der Waals surface area (Å²) in [5.41, 5.74) is 2.31. The third kappa shape index (κ3) is 1.06. The average Bonchev–Trinajstić information content (AvgIpc) is 2.92. The van der Waals surface area contributed by atoms with Gasteiger partial charge in [-0.15, -0.1) is 0 Å². The van der Waals surface area contributed by atoms with Gasteiger partial charge in [-0.2, -0.15) is 0 Å². The fourth-order valence-corrected chi connectivity index (χ4v) is 4.19. The zero-order valence-electron chi connectivity index (χ0n) is 10.0. The van der Waals surface area contributed by atoms with Gasteiger partial charge >= 0.3 is 0 Å². The Morgan fingerprint density at radius 1 is 1.07 bits per heavy atom. The van der Waals surface area contributed by atoms with Crippen LogP contribution in [0, 0.1) is 22.2 Å². The Labute approximate surface area is 88.5 Å². The smallest absolute Gasteiger partial charge is 0.0235 e. The maximum Gasteiger partial charge on any atom is -0.0235 e. The van der Waals surface area contributed by atoms with E-state index < -0.39 is 0 Å². The predicted octanol–water partition coefficient (Wildman–Crippen LogP) is 4.39. The maximum absolute atomic E-state index is 2.56. The SMILES string of the molecule is CC1CC1(C)C1(CC2(C)CCC2)CC1. The van der Waals surface area contributed by atoms with Crippen LogP contribution in [0.15, 0.2) is 0 Å². The van der Waals surface area contributed by atoms with Crippen molar-refractivity contribution in [1.29, 1.82) is 0 Å². The van der Waals surface area contributed by atoms with E-state index in [-0.39, 0.29) is 0 Å². The fraction of sp³-hybridized carbons (Fsp3) is 1.00. The van der Waals surface area contributed by atoms with Crippen molar-refractivity contribution in [3.05, 3.63) is 0 Å². The molecule has 0 heterocycles. The minimum absolute atomic E-state index is 0.752. The Balaban J connectivity index is 1.72. The minimum atomic E-state index is 0.752. The molecule has 14 heavy (non-hydrogen) atoms. The van der Waals surface area contributed by atoms with Gasteiger partial charge in [-0.1, -0.05) is 27.2 Å². The lowest BCUT2D eigenvalue weighted by Crippen LogP contribution is -2.32. The molecule has 2 atom stereocenters. The van der Waals surface area contributed by atoms with Crippen LogP contribution in [-0.4, -0.2) is 0 Å². The van der Waals surface area contributed by atoms with Crippen molar-refractivity contribution in [2.45, 2.75) is 65.7 Å². The second-order valence-corrected chi connectivity index (χ2v) is 7.14. The molecule has 0 bridgehead atoms. The molecule has 3 saturated carbocycles. The largest absolute Gasteiger partial charge is 0.0619 e. The molecule has 3 fully saturated rings. The highest BCUT2D eigenvalue weighted by Crippen LogP contribution is 2.76. The van der Waals surface area contributed by atoms with Crippen molar-refractivity contribution in [2.24, 2.45) is 22.2 Å². The summed E-state index contributed by atoms with van der Waals surface area (Å²) in [7, 11) is 0.